The Balaban J connectivity index is 4.64. The molecule has 10 nitrogen and oxygen atoms in total. The van der Waals surface area contributed by atoms with E-state index >= 15 is 0 Å². The van der Waals surface area contributed by atoms with Crippen LogP contribution in [0.2, 0.25) is 0 Å². The fourth-order valence-corrected chi connectivity index (χ4v) is 5.57. The van der Waals surface area contributed by atoms with Gasteiger partial charge in [0.1, 0.15) is 19.8 Å². The van der Waals surface area contributed by atoms with Crippen LogP contribution in [0.1, 0.15) is 123 Å². The Labute approximate surface area is 346 Å². The van der Waals surface area contributed by atoms with Crippen molar-refractivity contribution >= 4 is 19.8 Å². The lowest BCUT2D eigenvalue weighted by Gasteiger charge is -2.28. The normalized spacial score (nSPS) is 15.1. The van der Waals surface area contributed by atoms with Crippen molar-refractivity contribution in [1.82, 2.24) is 0 Å². The summed E-state index contributed by atoms with van der Waals surface area (Å²) >= 11 is 0. The third kappa shape index (κ3) is 40.9. The van der Waals surface area contributed by atoms with Gasteiger partial charge < -0.3 is 33.0 Å². The highest BCUT2D eigenvalue weighted by Crippen LogP contribution is 2.38. The van der Waals surface area contributed by atoms with Gasteiger partial charge in [0.25, 0.3) is 7.82 Å². The number of allylic oxidation sites excluding steroid dienone is 14. The van der Waals surface area contributed by atoms with E-state index in [1.807, 2.05) is 63.7 Å². The van der Waals surface area contributed by atoms with E-state index in [-0.39, 0.29) is 26.1 Å². The van der Waals surface area contributed by atoms with E-state index in [0.717, 1.165) is 51.4 Å². The Kier molecular flexibility index (Phi) is 35.2. The molecule has 2 unspecified atom stereocenters. The fraction of sp³-hybridized carbons (Fsp3) is 0.609. The first kappa shape index (κ1) is 53.9. The molecule has 0 amide bonds. The molecular weight excluding hydrogens is 741 g/mol. The molecule has 57 heavy (non-hydrogen) atoms. The Morgan fingerprint density at radius 1 is 0.667 bits per heavy atom. The van der Waals surface area contributed by atoms with Gasteiger partial charge in [-0.15, -0.1) is 0 Å². The molecule has 0 saturated heterocycles. The standard InChI is InChI=1S/C46H76NO9P/c1-6-8-10-12-14-15-16-17-18-19-20-21-26-30-34-38-46(50)56-44(42-55-57(51,52)54-40-39-47(3,4)5)41-53-45(49)37-33-29-25-23-22-24-28-32-36-43(48)35-31-27-13-11-9-7-2/h9,11,14-15,17-18,20-21,23-25,27-28,31-32,36,43-44,48H,6-8,10,12-13,16,19,22,26,29-30,33-35,37-42H2,1-5H3/b11-9-,15-14-,18-17-,21-20-,25-23-,28-24-,31-27-,36-32+/t43?,44-/m1/s1. The highest BCUT2D eigenvalue weighted by atomic mass is 31.2. The van der Waals surface area contributed by atoms with Gasteiger partial charge in [0.05, 0.1) is 33.9 Å². The second-order valence-corrected chi connectivity index (χ2v) is 16.2. The molecule has 0 aromatic carbocycles. The van der Waals surface area contributed by atoms with Crippen molar-refractivity contribution in [2.24, 2.45) is 0 Å². The van der Waals surface area contributed by atoms with Crippen LogP contribution < -0.4 is 4.89 Å². The number of nitrogens with zero attached hydrogens (tertiary/aromatic N) is 1. The van der Waals surface area contributed by atoms with Gasteiger partial charge >= 0.3 is 11.9 Å². The first-order chi connectivity index (χ1) is 27.4. The van der Waals surface area contributed by atoms with E-state index in [4.69, 9.17) is 18.5 Å². The average Bonchev–Trinajstić information content (AvgIpc) is 3.15. The number of rotatable bonds is 36. The van der Waals surface area contributed by atoms with Crippen molar-refractivity contribution in [2.45, 2.75) is 135 Å². The minimum absolute atomic E-state index is 0.0628. The van der Waals surface area contributed by atoms with Crippen molar-refractivity contribution < 1.29 is 47.2 Å². The fourth-order valence-electron chi connectivity index (χ4n) is 4.84. The van der Waals surface area contributed by atoms with Crippen LogP contribution in [0, 0.1) is 0 Å². The van der Waals surface area contributed by atoms with Crippen molar-refractivity contribution in [1.29, 1.82) is 0 Å². The number of unbranched alkanes of at least 4 members (excludes halogenated alkanes) is 6. The quantitative estimate of drug-likeness (QED) is 0.0164. The molecule has 0 aliphatic heterocycles. The number of carbonyl (C=O) groups excluding carboxylic acids is 2. The molecule has 0 aromatic heterocycles. The van der Waals surface area contributed by atoms with Crippen LogP contribution in [0.4, 0.5) is 0 Å². The van der Waals surface area contributed by atoms with Gasteiger partial charge in [-0.3, -0.25) is 14.2 Å². The zero-order chi connectivity index (χ0) is 42.3. The largest absolute Gasteiger partial charge is 0.756 e. The summed E-state index contributed by atoms with van der Waals surface area (Å²) < 4.78 is 33.7. The summed E-state index contributed by atoms with van der Waals surface area (Å²) in [6.07, 6.45) is 44.8. The number of carbonyl (C=O) groups is 2. The third-order valence-electron chi connectivity index (χ3n) is 8.17. The summed E-state index contributed by atoms with van der Waals surface area (Å²) in [6, 6.07) is 0. The molecule has 0 bridgehead atoms. The van der Waals surface area contributed by atoms with E-state index < -0.39 is 38.6 Å². The minimum atomic E-state index is -4.67. The Morgan fingerprint density at radius 3 is 1.86 bits per heavy atom. The van der Waals surface area contributed by atoms with Crippen molar-refractivity contribution in [3.05, 3.63) is 97.2 Å². The van der Waals surface area contributed by atoms with Gasteiger partial charge in [0, 0.05) is 12.8 Å². The SMILES string of the molecule is CC/C=C\C/C=C\CC(O)/C=C/C=C\C/C=C\CCCC(=O)OC[C@H](COP(=O)([O-])OCC[N+](C)(C)C)OC(=O)CCCC/C=C\C/C=C\C/C=C\CCCCC. The lowest BCUT2D eigenvalue weighted by Crippen LogP contribution is -2.37. The van der Waals surface area contributed by atoms with Crippen molar-refractivity contribution in [3.8, 4) is 0 Å². The number of hydrogen-bond acceptors (Lipinski definition) is 9. The third-order valence-corrected chi connectivity index (χ3v) is 9.13. The Hall–Kier alpha value is -3.11. The molecule has 324 valence electrons. The van der Waals surface area contributed by atoms with Crippen LogP contribution in [0.3, 0.4) is 0 Å². The summed E-state index contributed by atoms with van der Waals surface area (Å²) in [4.78, 5) is 37.4. The van der Waals surface area contributed by atoms with Gasteiger partial charge in [-0.1, -0.05) is 124 Å². The van der Waals surface area contributed by atoms with E-state index in [1.54, 1.807) is 6.08 Å². The van der Waals surface area contributed by atoms with E-state index in [9.17, 15) is 24.2 Å². The first-order valence-corrected chi connectivity index (χ1v) is 22.5. The van der Waals surface area contributed by atoms with Gasteiger partial charge in [-0.25, -0.2) is 0 Å². The van der Waals surface area contributed by atoms with Gasteiger partial charge in [-0.05, 0) is 83.5 Å². The average molecular weight is 818 g/mol. The molecule has 0 aliphatic carbocycles. The molecule has 0 saturated carbocycles. The number of phosphoric ester groups is 1. The molecule has 1 N–H and O–H groups in total. The van der Waals surface area contributed by atoms with E-state index in [0.29, 0.717) is 36.7 Å². The van der Waals surface area contributed by atoms with Crippen molar-refractivity contribution in [2.75, 3.05) is 47.5 Å². The minimum Gasteiger partial charge on any atom is -0.756 e. The molecule has 0 aromatic rings. The molecule has 0 spiro atoms. The van der Waals surface area contributed by atoms with Crippen LogP contribution in [0.15, 0.2) is 97.2 Å². The summed E-state index contributed by atoms with van der Waals surface area (Å²) in [5.74, 6) is -1.000. The maximum atomic E-state index is 12.6. The van der Waals surface area contributed by atoms with E-state index in [2.05, 4.69) is 62.5 Å². The molecule has 11 heteroatoms. The lowest BCUT2D eigenvalue weighted by atomic mass is 10.1. The number of aliphatic hydroxyl groups is 1. The highest BCUT2D eigenvalue weighted by molar-refractivity contribution is 7.45. The summed E-state index contributed by atoms with van der Waals surface area (Å²) in [7, 11) is 1.06. The number of aliphatic hydroxyl groups excluding tert-OH is 1. The van der Waals surface area contributed by atoms with Gasteiger partial charge in [0.2, 0.25) is 0 Å². The Bertz CT molecular complexity index is 1310. The zero-order valence-corrected chi connectivity index (χ0v) is 36.7. The maximum absolute atomic E-state index is 12.6. The molecular formula is C46H76NO9P. The Morgan fingerprint density at radius 2 is 1.23 bits per heavy atom. The number of quaternary nitrogens is 1. The topological polar surface area (TPSA) is 131 Å². The molecule has 0 rings (SSSR count). The van der Waals surface area contributed by atoms with Crippen LogP contribution in [-0.2, 0) is 32.7 Å². The smallest absolute Gasteiger partial charge is 0.306 e. The zero-order valence-electron chi connectivity index (χ0n) is 35.8. The molecule has 0 radical (unpaired) electrons. The number of likely N-dealkylation sites (N-methyl/N-ethyl adjacent to an activating group) is 1. The molecule has 0 heterocycles. The first-order valence-electron chi connectivity index (χ1n) is 21.1. The number of esters is 2. The summed E-state index contributed by atoms with van der Waals surface area (Å²) in [5.41, 5.74) is 0. The number of phosphoric acid groups is 1. The molecule has 0 aliphatic rings. The van der Waals surface area contributed by atoms with Gasteiger partial charge in [-0.2, -0.15) is 0 Å². The second kappa shape index (κ2) is 37.2. The predicted molar refractivity (Wildman–Crippen MR) is 232 cm³/mol. The highest BCUT2D eigenvalue weighted by Gasteiger charge is 2.21. The molecule has 0 fully saturated rings. The van der Waals surface area contributed by atoms with Crippen LogP contribution in [0.5, 0.6) is 0 Å². The predicted octanol–water partition coefficient (Wildman–Crippen LogP) is 10.1. The van der Waals surface area contributed by atoms with Gasteiger partial charge in [0.15, 0.2) is 6.10 Å². The second-order valence-electron chi connectivity index (χ2n) is 14.8. The van der Waals surface area contributed by atoms with E-state index in [1.165, 1.54) is 19.3 Å². The van der Waals surface area contributed by atoms with Crippen molar-refractivity contribution in [3.63, 3.8) is 0 Å². The number of ether oxygens (including phenoxy) is 2. The summed E-state index contributed by atoms with van der Waals surface area (Å²) in [5, 5.41) is 10.0. The van der Waals surface area contributed by atoms with Crippen LogP contribution in [-0.4, -0.2) is 81.2 Å². The lowest BCUT2D eigenvalue weighted by molar-refractivity contribution is -0.870. The maximum Gasteiger partial charge on any atom is 0.306 e. The summed E-state index contributed by atoms with van der Waals surface area (Å²) in [6.45, 7) is 3.84. The van der Waals surface area contributed by atoms with Crippen LogP contribution in [0.25, 0.3) is 0 Å². The number of hydrogen-bond donors (Lipinski definition) is 1. The van der Waals surface area contributed by atoms with Crippen LogP contribution >= 0.6 is 7.82 Å². The monoisotopic (exact) mass is 818 g/mol. The molecule has 3 atom stereocenters.